The Morgan fingerprint density at radius 1 is 1.33 bits per heavy atom. The number of hydrogen-bond acceptors (Lipinski definition) is 3. The van der Waals surface area contributed by atoms with Crippen molar-refractivity contribution in [3.8, 4) is 0 Å². The molecule has 0 saturated carbocycles. The van der Waals surface area contributed by atoms with E-state index < -0.39 is 0 Å². The minimum Gasteiger partial charge on any atom is -0.456 e. The molecule has 3 heteroatoms. The summed E-state index contributed by atoms with van der Waals surface area (Å²) in [6.07, 6.45) is 3.45. The van der Waals surface area contributed by atoms with E-state index in [1.807, 2.05) is 12.1 Å². The average Bonchev–Trinajstić information content (AvgIpc) is 2.26. The van der Waals surface area contributed by atoms with Gasteiger partial charge < -0.3 is 10.2 Å². The van der Waals surface area contributed by atoms with Gasteiger partial charge in [0.2, 0.25) is 0 Å². The van der Waals surface area contributed by atoms with Crippen LogP contribution in [0.2, 0.25) is 0 Å². The predicted octanol–water partition coefficient (Wildman–Crippen LogP) is 1.76. The monoisotopic (exact) mass is 201 g/mol. The standard InChI is InChI=1S/C12H11NO2/c13-7-3-4-9-8-11(14)10-5-1-2-6-12(10)15-9/h1-6,8H,7,13H2. The molecule has 2 N–H and O–H groups in total. The maximum atomic E-state index is 11.6. The van der Waals surface area contributed by atoms with E-state index in [-0.39, 0.29) is 5.43 Å². The second kappa shape index (κ2) is 4.11. The highest BCUT2D eigenvalue weighted by Crippen LogP contribution is 2.12. The first-order chi connectivity index (χ1) is 7.31. The molecule has 0 aliphatic carbocycles. The lowest BCUT2D eigenvalue weighted by atomic mass is 10.2. The van der Waals surface area contributed by atoms with Crippen LogP contribution in [0.5, 0.6) is 0 Å². The van der Waals surface area contributed by atoms with Crippen molar-refractivity contribution in [2.75, 3.05) is 6.54 Å². The first-order valence-corrected chi connectivity index (χ1v) is 4.71. The van der Waals surface area contributed by atoms with Gasteiger partial charge in [0.15, 0.2) is 5.43 Å². The minimum absolute atomic E-state index is 0.0338. The molecule has 0 atom stereocenters. The van der Waals surface area contributed by atoms with Gasteiger partial charge in [0.25, 0.3) is 0 Å². The molecule has 0 saturated heterocycles. The SMILES string of the molecule is NCC=Cc1cc(=O)c2ccccc2o1. The van der Waals surface area contributed by atoms with E-state index in [0.29, 0.717) is 23.3 Å². The van der Waals surface area contributed by atoms with Crippen molar-refractivity contribution in [1.29, 1.82) is 0 Å². The summed E-state index contributed by atoms with van der Waals surface area (Å²) < 4.78 is 5.50. The Kier molecular flexibility index (Phi) is 2.65. The molecule has 15 heavy (non-hydrogen) atoms. The van der Waals surface area contributed by atoms with E-state index >= 15 is 0 Å². The largest absolute Gasteiger partial charge is 0.456 e. The van der Waals surface area contributed by atoms with Gasteiger partial charge in [-0.25, -0.2) is 0 Å². The van der Waals surface area contributed by atoms with Crippen LogP contribution in [0, 0.1) is 0 Å². The van der Waals surface area contributed by atoms with Crippen molar-refractivity contribution < 1.29 is 4.42 Å². The van der Waals surface area contributed by atoms with Gasteiger partial charge in [-0.15, -0.1) is 0 Å². The van der Waals surface area contributed by atoms with Crippen LogP contribution < -0.4 is 11.2 Å². The third-order valence-electron chi connectivity index (χ3n) is 2.07. The summed E-state index contributed by atoms with van der Waals surface area (Å²) in [5.74, 6) is 0.532. The van der Waals surface area contributed by atoms with Crippen molar-refractivity contribution in [3.63, 3.8) is 0 Å². The number of hydrogen-bond donors (Lipinski definition) is 1. The normalized spacial score (nSPS) is 11.3. The first kappa shape index (κ1) is 9.68. The van der Waals surface area contributed by atoms with Gasteiger partial charge in [0.05, 0.1) is 5.39 Å². The van der Waals surface area contributed by atoms with Crippen LogP contribution in [-0.2, 0) is 0 Å². The highest BCUT2D eigenvalue weighted by atomic mass is 16.3. The molecule has 0 unspecified atom stereocenters. The van der Waals surface area contributed by atoms with Crippen molar-refractivity contribution in [1.82, 2.24) is 0 Å². The second-order valence-electron chi connectivity index (χ2n) is 3.15. The minimum atomic E-state index is -0.0338. The quantitative estimate of drug-likeness (QED) is 0.805. The summed E-state index contributed by atoms with van der Waals surface area (Å²) in [5.41, 5.74) is 5.89. The van der Waals surface area contributed by atoms with Crippen LogP contribution in [0.25, 0.3) is 17.0 Å². The smallest absolute Gasteiger partial charge is 0.193 e. The molecule has 0 aliphatic rings. The number of nitrogens with two attached hydrogens (primary N) is 1. The molecule has 3 nitrogen and oxygen atoms in total. The third-order valence-corrected chi connectivity index (χ3v) is 2.07. The van der Waals surface area contributed by atoms with E-state index in [9.17, 15) is 4.79 Å². The topological polar surface area (TPSA) is 56.2 Å². The molecule has 0 fully saturated rings. The van der Waals surface area contributed by atoms with Gasteiger partial charge in [-0.1, -0.05) is 18.2 Å². The fraction of sp³-hybridized carbons (Fsp3) is 0.0833. The summed E-state index contributed by atoms with van der Waals surface area (Å²) in [4.78, 5) is 11.6. The number of fused-ring (bicyclic) bond motifs is 1. The highest BCUT2D eigenvalue weighted by Gasteiger charge is 2.00. The van der Waals surface area contributed by atoms with Crippen molar-refractivity contribution >= 4 is 17.0 Å². The Bertz CT molecular complexity index is 555. The first-order valence-electron chi connectivity index (χ1n) is 4.71. The fourth-order valence-electron chi connectivity index (χ4n) is 1.39. The van der Waals surface area contributed by atoms with Gasteiger partial charge in [0.1, 0.15) is 11.3 Å². The van der Waals surface area contributed by atoms with E-state index in [2.05, 4.69) is 0 Å². The molecule has 0 spiro atoms. The molecule has 2 rings (SSSR count). The summed E-state index contributed by atoms with van der Waals surface area (Å²) in [6.45, 7) is 0.427. The molecule has 1 aromatic carbocycles. The number of para-hydroxylation sites is 1. The maximum Gasteiger partial charge on any atom is 0.193 e. The van der Waals surface area contributed by atoms with Gasteiger partial charge in [0, 0.05) is 12.6 Å². The average molecular weight is 201 g/mol. The highest BCUT2D eigenvalue weighted by molar-refractivity contribution is 5.76. The molecule has 1 heterocycles. The van der Waals surface area contributed by atoms with Gasteiger partial charge >= 0.3 is 0 Å². The van der Waals surface area contributed by atoms with Crippen LogP contribution in [0.1, 0.15) is 5.76 Å². The Hall–Kier alpha value is -1.87. The van der Waals surface area contributed by atoms with Crippen LogP contribution in [0.4, 0.5) is 0 Å². The predicted molar refractivity (Wildman–Crippen MR) is 60.6 cm³/mol. The zero-order valence-electron chi connectivity index (χ0n) is 8.14. The summed E-state index contributed by atoms with van der Waals surface area (Å²) in [5, 5.41) is 0.599. The number of rotatable bonds is 2. The molecule has 0 bridgehead atoms. The molecule has 0 aliphatic heterocycles. The summed E-state index contributed by atoms with van der Waals surface area (Å²) in [7, 11) is 0. The lowest BCUT2D eigenvalue weighted by Crippen LogP contribution is -2.00. The fourth-order valence-corrected chi connectivity index (χ4v) is 1.39. The number of benzene rings is 1. The molecular formula is C12H11NO2. The lowest BCUT2D eigenvalue weighted by Gasteiger charge is -1.97. The second-order valence-corrected chi connectivity index (χ2v) is 3.15. The Morgan fingerprint density at radius 2 is 2.13 bits per heavy atom. The van der Waals surface area contributed by atoms with Crippen LogP contribution in [0.15, 0.2) is 45.6 Å². The molecule has 2 aromatic rings. The zero-order valence-corrected chi connectivity index (χ0v) is 8.14. The van der Waals surface area contributed by atoms with Crippen LogP contribution in [0.3, 0.4) is 0 Å². The summed E-state index contributed by atoms with van der Waals surface area (Å²) in [6, 6.07) is 8.64. The van der Waals surface area contributed by atoms with Gasteiger partial charge in [-0.2, -0.15) is 0 Å². The van der Waals surface area contributed by atoms with E-state index in [1.165, 1.54) is 6.07 Å². The Balaban J connectivity index is 2.62. The molecule has 0 radical (unpaired) electrons. The molecule has 1 aromatic heterocycles. The van der Waals surface area contributed by atoms with Gasteiger partial charge in [-0.05, 0) is 18.2 Å². The molecule has 0 amide bonds. The van der Waals surface area contributed by atoms with Crippen molar-refractivity contribution in [2.45, 2.75) is 0 Å². The van der Waals surface area contributed by atoms with E-state index in [1.54, 1.807) is 24.3 Å². The van der Waals surface area contributed by atoms with Gasteiger partial charge in [-0.3, -0.25) is 4.79 Å². The van der Waals surface area contributed by atoms with Crippen molar-refractivity contribution in [2.24, 2.45) is 5.73 Å². The maximum absolute atomic E-state index is 11.6. The molecular weight excluding hydrogens is 190 g/mol. The van der Waals surface area contributed by atoms with Crippen LogP contribution in [-0.4, -0.2) is 6.54 Å². The zero-order chi connectivity index (χ0) is 10.7. The van der Waals surface area contributed by atoms with Crippen LogP contribution >= 0.6 is 0 Å². The Labute approximate surface area is 86.8 Å². The Morgan fingerprint density at radius 3 is 2.93 bits per heavy atom. The van der Waals surface area contributed by atoms with E-state index in [0.717, 1.165) is 0 Å². The third kappa shape index (κ3) is 1.97. The lowest BCUT2D eigenvalue weighted by molar-refractivity contribution is 0.590. The summed E-state index contributed by atoms with van der Waals surface area (Å²) >= 11 is 0. The van der Waals surface area contributed by atoms with Crippen molar-refractivity contribution in [3.05, 3.63) is 52.4 Å². The van der Waals surface area contributed by atoms with E-state index in [4.69, 9.17) is 10.2 Å². The molecule has 76 valence electrons.